The highest BCUT2D eigenvalue weighted by Crippen LogP contribution is 2.44. The first-order valence-electron chi connectivity index (χ1n) is 14.9. The number of pyridine rings is 1. The molecule has 0 fully saturated rings. The average molecular weight is 563 g/mol. The van der Waals surface area contributed by atoms with Crippen LogP contribution in [0.25, 0.3) is 65.5 Å². The molecule has 0 saturated heterocycles. The number of para-hydroxylation sites is 1. The smallest absolute Gasteiger partial charge is 0.161 e. The van der Waals surface area contributed by atoms with Crippen LogP contribution in [0.2, 0.25) is 0 Å². The predicted octanol–water partition coefficient (Wildman–Crippen LogP) is 11.6. The van der Waals surface area contributed by atoms with E-state index in [1.807, 2.05) is 18.3 Å². The molecule has 2 aromatic heterocycles. The van der Waals surface area contributed by atoms with E-state index in [0.29, 0.717) is 0 Å². The lowest BCUT2D eigenvalue weighted by atomic mass is 9.94. The number of anilines is 3. The van der Waals surface area contributed by atoms with E-state index in [4.69, 9.17) is 4.42 Å². The average Bonchev–Trinajstić information content (AvgIpc) is 3.49. The molecule has 0 spiro atoms. The van der Waals surface area contributed by atoms with Crippen molar-refractivity contribution in [3.63, 3.8) is 0 Å². The Balaban J connectivity index is 1.32. The molecular weight excluding hydrogens is 536 g/mol. The second-order valence-electron chi connectivity index (χ2n) is 11.2. The van der Waals surface area contributed by atoms with Gasteiger partial charge in [-0.3, -0.25) is 4.98 Å². The molecule has 0 aliphatic heterocycles. The van der Waals surface area contributed by atoms with E-state index in [-0.39, 0.29) is 0 Å². The molecule has 0 saturated carbocycles. The predicted molar refractivity (Wildman–Crippen MR) is 184 cm³/mol. The first-order valence-corrected chi connectivity index (χ1v) is 14.9. The van der Waals surface area contributed by atoms with Crippen LogP contribution in [0, 0.1) is 0 Å². The van der Waals surface area contributed by atoms with Crippen molar-refractivity contribution in [2.45, 2.75) is 0 Å². The number of aromatic nitrogens is 1. The Hall–Kier alpha value is -5.93. The molecule has 3 heteroatoms. The largest absolute Gasteiger partial charge is 0.452 e. The molecule has 0 amide bonds. The molecule has 0 bridgehead atoms. The molecule has 9 aromatic rings. The first kappa shape index (κ1) is 24.6. The van der Waals surface area contributed by atoms with E-state index < -0.39 is 0 Å². The standard InChI is InChI=1S/C41H26N2O/c1-2-10-27(11-3-1)28-19-21-29(22-20-28)43(38-17-8-16-36-40-39(44-41(36)38)18-9-25-42-40)30-23-24-35-33-14-5-4-12-31(33)32-13-6-7-15-34(32)37(35)26-30/h1-26H. The second-order valence-corrected chi connectivity index (χ2v) is 11.2. The topological polar surface area (TPSA) is 29.3 Å². The van der Waals surface area contributed by atoms with Gasteiger partial charge >= 0.3 is 0 Å². The van der Waals surface area contributed by atoms with Crippen LogP contribution in [-0.2, 0) is 0 Å². The van der Waals surface area contributed by atoms with Crippen LogP contribution in [0.4, 0.5) is 17.1 Å². The van der Waals surface area contributed by atoms with Crippen molar-refractivity contribution >= 4 is 71.4 Å². The lowest BCUT2D eigenvalue weighted by Crippen LogP contribution is -2.10. The Bertz CT molecular complexity index is 2460. The summed E-state index contributed by atoms with van der Waals surface area (Å²) >= 11 is 0. The second kappa shape index (κ2) is 9.82. The first-order chi connectivity index (χ1) is 21.8. The Kier molecular flexibility index (Phi) is 5.50. The molecule has 0 atom stereocenters. The SMILES string of the molecule is c1ccc(-c2ccc(N(c3ccc4c5ccccc5c5ccccc5c4c3)c3cccc4c3oc3cccnc34)cc2)cc1. The van der Waals surface area contributed by atoms with Gasteiger partial charge in [-0.05, 0) is 92.0 Å². The molecule has 44 heavy (non-hydrogen) atoms. The van der Waals surface area contributed by atoms with Crippen LogP contribution in [0.1, 0.15) is 0 Å². The fraction of sp³-hybridized carbons (Fsp3) is 0. The third-order valence-electron chi connectivity index (χ3n) is 8.69. The quantitative estimate of drug-likeness (QED) is 0.200. The molecule has 0 aliphatic carbocycles. The van der Waals surface area contributed by atoms with Gasteiger partial charge in [0.25, 0.3) is 0 Å². The number of benzene rings is 7. The van der Waals surface area contributed by atoms with Gasteiger partial charge in [-0.25, -0.2) is 0 Å². The van der Waals surface area contributed by atoms with Gasteiger partial charge in [0.15, 0.2) is 11.2 Å². The summed E-state index contributed by atoms with van der Waals surface area (Å²) in [5.41, 5.74) is 7.93. The Morgan fingerprint density at radius 3 is 1.75 bits per heavy atom. The summed E-state index contributed by atoms with van der Waals surface area (Å²) in [5.74, 6) is 0. The maximum absolute atomic E-state index is 6.51. The van der Waals surface area contributed by atoms with Crippen LogP contribution in [-0.4, -0.2) is 4.98 Å². The molecule has 9 rings (SSSR count). The summed E-state index contributed by atoms with van der Waals surface area (Å²) in [4.78, 5) is 6.96. The molecule has 0 unspecified atom stereocenters. The maximum Gasteiger partial charge on any atom is 0.161 e. The maximum atomic E-state index is 6.51. The van der Waals surface area contributed by atoms with Gasteiger partial charge in [0, 0.05) is 23.0 Å². The number of hydrogen-bond donors (Lipinski definition) is 0. The third kappa shape index (κ3) is 3.80. The molecule has 2 heterocycles. The van der Waals surface area contributed by atoms with Gasteiger partial charge in [-0.1, -0.05) is 103 Å². The molecular formula is C41H26N2O. The number of furan rings is 1. The van der Waals surface area contributed by atoms with Gasteiger partial charge in [0.2, 0.25) is 0 Å². The monoisotopic (exact) mass is 562 g/mol. The zero-order valence-corrected chi connectivity index (χ0v) is 23.8. The van der Waals surface area contributed by atoms with E-state index in [0.717, 1.165) is 39.1 Å². The Morgan fingerprint density at radius 2 is 1.02 bits per heavy atom. The fourth-order valence-electron chi connectivity index (χ4n) is 6.68. The van der Waals surface area contributed by atoms with E-state index in [1.54, 1.807) is 0 Å². The van der Waals surface area contributed by atoms with Crippen LogP contribution >= 0.6 is 0 Å². The van der Waals surface area contributed by atoms with Gasteiger partial charge in [0.1, 0.15) is 5.52 Å². The van der Waals surface area contributed by atoms with E-state index in [1.165, 1.54) is 43.4 Å². The van der Waals surface area contributed by atoms with Gasteiger partial charge in [-0.15, -0.1) is 0 Å². The zero-order chi connectivity index (χ0) is 29.0. The lowest BCUT2D eigenvalue weighted by molar-refractivity contribution is 0.668. The molecule has 7 aromatic carbocycles. The van der Waals surface area contributed by atoms with Crippen LogP contribution < -0.4 is 4.90 Å². The summed E-state index contributed by atoms with van der Waals surface area (Å²) in [5, 5.41) is 8.51. The fourth-order valence-corrected chi connectivity index (χ4v) is 6.68. The van der Waals surface area contributed by atoms with Gasteiger partial charge in [-0.2, -0.15) is 0 Å². The number of hydrogen-bond acceptors (Lipinski definition) is 3. The van der Waals surface area contributed by atoms with Crippen molar-refractivity contribution in [3.8, 4) is 11.1 Å². The minimum absolute atomic E-state index is 0.783. The number of fused-ring (bicyclic) bond motifs is 9. The summed E-state index contributed by atoms with van der Waals surface area (Å²) in [7, 11) is 0. The molecule has 0 aliphatic rings. The Labute approximate surface area is 254 Å². The van der Waals surface area contributed by atoms with Crippen molar-refractivity contribution in [1.29, 1.82) is 0 Å². The molecule has 206 valence electrons. The van der Waals surface area contributed by atoms with Crippen LogP contribution in [0.15, 0.2) is 162 Å². The molecule has 0 N–H and O–H groups in total. The minimum atomic E-state index is 0.783. The Morgan fingerprint density at radius 1 is 0.432 bits per heavy atom. The summed E-state index contributed by atoms with van der Waals surface area (Å²) in [6.45, 7) is 0. The highest BCUT2D eigenvalue weighted by molar-refractivity contribution is 6.26. The van der Waals surface area contributed by atoms with Crippen molar-refractivity contribution in [2.24, 2.45) is 0 Å². The highest BCUT2D eigenvalue weighted by atomic mass is 16.3. The van der Waals surface area contributed by atoms with E-state index in [9.17, 15) is 0 Å². The van der Waals surface area contributed by atoms with E-state index in [2.05, 4.69) is 149 Å². The van der Waals surface area contributed by atoms with Gasteiger partial charge < -0.3 is 9.32 Å². The molecule has 3 nitrogen and oxygen atoms in total. The summed E-state index contributed by atoms with van der Waals surface area (Å²) < 4.78 is 6.51. The number of rotatable bonds is 4. The van der Waals surface area contributed by atoms with Gasteiger partial charge in [0.05, 0.1) is 5.69 Å². The van der Waals surface area contributed by atoms with Crippen LogP contribution in [0.3, 0.4) is 0 Å². The highest BCUT2D eigenvalue weighted by Gasteiger charge is 2.21. The summed E-state index contributed by atoms with van der Waals surface area (Å²) in [6.07, 6.45) is 1.82. The van der Waals surface area contributed by atoms with Crippen LogP contribution in [0.5, 0.6) is 0 Å². The van der Waals surface area contributed by atoms with Crippen molar-refractivity contribution in [1.82, 2.24) is 4.98 Å². The minimum Gasteiger partial charge on any atom is -0.452 e. The number of nitrogens with zero attached hydrogens (tertiary/aromatic N) is 2. The zero-order valence-electron chi connectivity index (χ0n) is 23.8. The van der Waals surface area contributed by atoms with Crippen molar-refractivity contribution in [3.05, 3.63) is 158 Å². The third-order valence-corrected chi connectivity index (χ3v) is 8.69. The normalized spacial score (nSPS) is 11.6. The van der Waals surface area contributed by atoms with Crippen molar-refractivity contribution < 1.29 is 4.42 Å². The van der Waals surface area contributed by atoms with E-state index >= 15 is 0 Å². The summed E-state index contributed by atoms with van der Waals surface area (Å²) in [6, 6.07) is 53.8. The van der Waals surface area contributed by atoms with Crippen molar-refractivity contribution in [2.75, 3.05) is 4.90 Å². The lowest BCUT2D eigenvalue weighted by Gasteiger charge is -2.26. The molecule has 0 radical (unpaired) electrons.